The Balaban J connectivity index is 1.62. The number of nitrogens with zero attached hydrogens (tertiary/aromatic N) is 3. The number of rotatable bonds is 3. The van der Waals surface area contributed by atoms with E-state index in [0.717, 1.165) is 12.8 Å². The third kappa shape index (κ3) is 2.45. The Labute approximate surface area is 117 Å². The molecule has 1 saturated carbocycles. The summed E-state index contributed by atoms with van der Waals surface area (Å²) in [6.07, 6.45) is 1.53. The smallest absolute Gasteiger partial charge is 0.276 e. The van der Waals surface area contributed by atoms with Crippen molar-refractivity contribution in [3.05, 3.63) is 17.5 Å². The van der Waals surface area contributed by atoms with Crippen LogP contribution in [0.5, 0.6) is 0 Å². The normalized spacial score (nSPS) is 21.1. The highest BCUT2D eigenvalue weighted by Crippen LogP contribution is 2.31. The average Bonchev–Trinajstić information content (AvgIpc) is 3.21. The zero-order valence-electron chi connectivity index (χ0n) is 11.3. The van der Waals surface area contributed by atoms with Crippen LogP contribution in [0.4, 0.5) is 0 Å². The molecule has 20 heavy (non-hydrogen) atoms. The molecule has 0 bridgehead atoms. The van der Waals surface area contributed by atoms with Gasteiger partial charge in [0.25, 0.3) is 5.91 Å². The molecule has 8 heteroatoms. The molecule has 0 radical (unpaired) electrons. The lowest BCUT2D eigenvalue weighted by Crippen LogP contribution is -2.51. The van der Waals surface area contributed by atoms with Crippen molar-refractivity contribution in [1.82, 2.24) is 14.4 Å². The van der Waals surface area contributed by atoms with Crippen LogP contribution in [0.2, 0.25) is 0 Å². The summed E-state index contributed by atoms with van der Waals surface area (Å²) in [6.45, 7) is 3.25. The van der Waals surface area contributed by atoms with Gasteiger partial charge in [0.2, 0.25) is 10.0 Å². The molecule has 2 fully saturated rings. The van der Waals surface area contributed by atoms with Gasteiger partial charge < -0.3 is 9.42 Å². The van der Waals surface area contributed by atoms with E-state index >= 15 is 0 Å². The van der Waals surface area contributed by atoms with E-state index in [1.165, 1.54) is 4.31 Å². The summed E-state index contributed by atoms with van der Waals surface area (Å²) < 4.78 is 30.6. The van der Waals surface area contributed by atoms with Crippen molar-refractivity contribution in [2.24, 2.45) is 0 Å². The molecule has 0 aromatic carbocycles. The molecule has 3 rings (SSSR count). The van der Waals surface area contributed by atoms with Gasteiger partial charge in [-0.2, -0.15) is 4.31 Å². The number of sulfonamides is 1. The molecule has 1 saturated heterocycles. The van der Waals surface area contributed by atoms with Crippen LogP contribution in [-0.4, -0.2) is 60.1 Å². The molecule has 2 aliphatic rings. The summed E-state index contributed by atoms with van der Waals surface area (Å²) in [5.41, 5.74) is 0.279. The van der Waals surface area contributed by atoms with E-state index in [-0.39, 0.29) is 16.9 Å². The van der Waals surface area contributed by atoms with Crippen LogP contribution >= 0.6 is 0 Å². The maximum Gasteiger partial charge on any atom is 0.276 e. The van der Waals surface area contributed by atoms with Gasteiger partial charge in [-0.15, -0.1) is 0 Å². The number of amides is 1. The quantitative estimate of drug-likeness (QED) is 0.798. The van der Waals surface area contributed by atoms with Crippen molar-refractivity contribution in [2.45, 2.75) is 25.0 Å². The molecule has 1 aromatic rings. The lowest BCUT2D eigenvalue weighted by molar-refractivity contribution is 0.0687. The molecule has 1 aliphatic carbocycles. The van der Waals surface area contributed by atoms with Crippen molar-refractivity contribution in [1.29, 1.82) is 0 Å². The molecule has 2 heterocycles. The first kappa shape index (κ1) is 13.6. The first-order valence-corrected chi connectivity index (χ1v) is 8.20. The predicted octanol–water partition coefficient (Wildman–Crippen LogP) is 0.233. The van der Waals surface area contributed by atoms with E-state index in [0.29, 0.717) is 31.9 Å². The number of aryl methyl sites for hydroxylation is 1. The van der Waals surface area contributed by atoms with Gasteiger partial charge in [-0.1, -0.05) is 5.16 Å². The van der Waals surface area contributed by atoms with Crippen molar-refractivity contribution in [2.75, 3.05) is 26.2 Å². The molecule has 110 valence electrons. The summed E-state index contributed by atoms with van der Waals surface area (Å²) in [6, 6.07) is 1.59. The van der Waals surface area contributed by atoms with Gasteiger partial charge in [-0.05, 0) is 19.8 Å². The van der Waals surface area contributed by atoms with Crippen molar-refractivity contribution in [3.63, 3.8) is 0 Å². The number of carbonyl (C=O) groups is 1. The van der Waals surface area contributed by atoms with E-state index in [1.54, 1.807) is 17.9 Å². The summed E-state index contributed by atoms with van der Waals surface area (Å²) in [7, 11) is -3.14. The minimum Gasteiger partial charge on any atom is -0.361 e. The van der Waals surface area contributed by atoms with Crippen LogP contribution in [-0.2, 0) is 10.0 Å². The number of hydrogen-bond acceptors (Lipinski definition) is 5. The van der Waals surface area contributed by atoms with Crippen LogP contribution in [0.1, 0.15) is 29.1 Å². The summed E-state index contributed by atoms with van der Waals surface area (Å²) in [4.78, 5) is 13.8. The van der Waals surface area contributed by atoms with Crippen LogP contribution in [0.15, 0.2) is 10.6 Å². The minimum atomic E-state index is -3.14. The summed E-state index contributed by atoms with van der Waals surface area (Å²) in [5, 5.41) is 3.51. The Bertz CT molecular complexity index is 612. The third-order valence-electron chi connectivity index (χ3n) is 3.68. The molecule has 7 nitrogen and oxygen atoms in total. The summed E-state index contributed by atoms with van der Waals surface area (Å²) in [5.74, 6) is 0.383. The number of piperazine rings is 1. The number of carbonyl (C=O) groups excluding carboxylic acids is 1. The molecule has 1 aromatic heterocycles. The Morgan fingerprint density at radius 2 is 1.95 bits per heavy atom. The van der Waals surface area contributed by atoms with Gasteiger partial charge in [0.05, 0.1) is 5.25 Å². The Morgan fingerprint density at radius 3 is 2.45 bits per heavy atom. The van der Waals surface area contributed by atoms with Gasteiger partial charge in [-0.3, -0.25) is 4.79 Å². The van der Waals surface area contributed by atoms with E-state index < -0.39 is 10.0 Å². The third-order valence-corrected chi connectivity index (χ3v) is 6.08. The first-order chi connectivity index (χ1) is 9.48. The largest absolute Gasteiger partial charge is 0.361 e. The fourth-order valence-electron chi connectivity index (χ4n) is 2.35. The fraction of sp³-hybridized carbons (Fsp3) is 0.667. The molecule has 0 spiro atoms. The Kier molecular flexibility index (Phi) is 3.29. The van der Waals surface area contributed by atoms with E-state index in [1.807, 2.05) is 0 Å². The van der Waals surface area contributed by atoms with Crippen LogP contribution in [0, 0.1) is 6.92 Å². The lowest BCUT2D eigenvalue weighted by Gasteiger charge is -2.33. The van der Waals surface area contributed by atoms with Crippen molar-refractivity contribution < 1.29 is 17.7 Å². The zero-order chi connectivity index (χ0) is 14.3. The number of aromatic nitrogens is 1. The zero-order valence-corrected chi connectivity index (χ0v) is 12.1. The van der Waals surface area contributed by atoms with E-state index in [9.17, 15) is 13.2 Å². The second kappa shape index (κ2) is 4.85. The predicted molar refractivity (Wildman–Crippen MR) is 70.7 cm³/mol. The SMILES string of the molecule is Cc1cc(C(=O)N2CCN(S(=O)(=O)C3CC3)CC2)no1. The monoisotopic (exact) mass is 299 g/mol. The molecule has 0 atom stereocenters. The second-order valence-corrected chi connectivity index (χ2v) is 7.47. The van der Waals surface area contributed by atoms with Crippen LogP contribution in [0.3, 0.4) is 0 Å². The highest BCUT2D eigenvalue weighted by molar-refractivity contribution is 7.90. The van der Waals surface area contributed by atoms with Crippen molar-refractivity contribution >= 4 is 15.9 Å². The molecular formula is C12H17N3O4S. The molecular weight excluding hydrogens is 282 g/mol. The topological polar surface area (TPSA) is 83.7 Å². The lowest BCUT2D eigenvalue weighted by atomic mass is 10.3. The molecule has 0 unspecified atom stereocenters. The van der Waals surface area contributed by atoms with Crippen molar-refractivity contribution in [3.8, 4) is 0 Å². The Morgan fingerprint density at radius 1 is 1.30 bits per heavy atom. The van der Waals surface area contributed by atoms with E-state index in [4.69, 9.17) is 4.52 Å². The maximum atomic E-state index is 12.2. The van der Waals surface area contributed by atoms with Crippen LogP contribution < -0.4 is 0 Å². The highest BCUT2D eigenvalue weighted by atomic mass is 32.2. The molecule has 1 amide bonds. The van der Waals surface area contributed by atoms with Gasteiger partial charge in [0.1, 0.15) is 5.76 Å². The first-order valence-electron chi connectivity index (χ1n) is 6.70. The van der Waals surface area contributed by atoms with Gasteiger partial charge in [-0.25, -0.2) is 8.42 Å². The fourth-order valence-corrected chi connectivity index (χ4v) is 4.18. The molecule has 1 aliphatic heterocycles. The second-order valence-electron chi connectivity index (χ2n) is 5.26. The summed E-state index contributed by atoms with van der Waals surface area (Å²) >= 11 is 0. The standard InChI is InChI=1S/C12H17N3O4S/c1-9-8-11(13-19-9)12(16)14-4-6-15(7-5-14)20(17,18)10-2-3-10/h8,10H,2-7H2,1H3. The average molecular weight is 299 g/mol. The van der Waals surface area contributed by atoms with Crippen LogP contribution in [0.25, 0.3) is 0 Å². The maximum absolute atomic E-state index is 12.2. The molecule has 0 N–H and O–H groups in total. The number of hydrogen-bond donors (Lipinski definition) is 0. The minimum absolute atomic E-state index is 0.192. The van der Waals surface area contributed by atoms with Gasteiger partial charge in [0.15, 0.2) is 5.69 Å². The Hall–Kier alpha value is -1.41. The van der Waals surface area contributed by atoms with Gasteiger partial charge >= 0.3 is 0 Å². The van der Waals surface area contributed by atoms with Gasteiger partial charge in [0, 0.05) is 32.2 Å². The highest BCUT2D eigenvalue weighted by Gasteiger charge is 2.41. The van der Waals surface area contributed by atoms with E-state index in [2.05, 4.69) is 5.16 Å².